The van der Waals surface area contributed by atoms with Crippen LogP contribution in [0.1, 0.15) is 18.1 Å². The minimum atomic E-state index is -0.504. The highest BCUT2D eigenvalue weighted by Gasteiger charge is 2.29. The van der Waals surface area contributed by atoms with Gasteiger partial charge in [-0.1, -0.05) is 24.6 Å². The summed E-state index contributed by atoms with van der Waals surface area (Å²) in [5, 5.41) is 3.60. The molecule has 2 aromatic rings. The highest BCUT2D eigenvalue weighted by molar-refractivity contribution is 6.30. The van der Waals surface area contributed by atoms with Crippen molar-refractivity contribution in [2.24, 2.45) is 0 Å². The molecule has 1 atom stereocenters. The number of nitrogens with one attached hydrogen (secondary N) is 1. The van der Waals surface area contributed by atoms with Gasteiger partial charge in [0.25, 0.3) is 5.91 Å². The van der Waals surface area contributed by atoms with Crippen LogP contribution in [0.25, 0.3) is 0 Å². The molecule has 0 spiro atoms. The Morgan fingerprint density at radius 1 is 1.25 bits per heavy atom. The summed E-state index contributed by atoms with van der Waals surface area (Å²) in [6, 6.07) is 9.50. The summed E-state index contributed by atoms with van der Waals surface area (Å²) < 4.78 is 5.73. The van der Waals surface area contributed by atoms with Crippen molar-refractivity contribution in [1.29, 1.82) is 0 Å². The van der Waals surface area contributed by atoms with Crippen LogP contribution in [0.2, 0.25) is 5.02 Å². The van der Waals surface area contributed by atoms with Crippen LogP contribution in [0.4, 0.5) is 5.82 Å². The number of ether oxygens (including phenoxy) is 1. The number of carbonyl (C=O) groups is 1. The molecule has 0 bridgehead atoms. The van der Waals surface area contributed by atoms with Gasteiger partial charge in [-0.3, -0.25) is 4.79 Å². The Balaban J connectivity index is 1.28. The van der Waals surface area contributed by atoms with Gasteiger partial charge in [0.05, 0.1) is 0 Å². The Morgan fingerprint density at radius 3 is 2.79 bits per heavy atom. The van der Waals surface area contributed by atoms with Crippen LogP contribution >= 0.6 is 11.6 Å². The Labute approximate surface area is 170 Å². The molecule has 2 aliphatic rings. The van der Waals surface area contributed by atoms with Crippen LogP contribution in [0.5, 0.6) is 5.75 Å². The van der Waals surface area contributed by atoms with Crippen molar-refractivity contribution in [3.63, 3.8) is 0 Å². The molecule has 2 aliphatic heterocycles. The molecule has 0 saturated carbocycles. The van der Waals surface area contributed by atoms with Crippen molar-refractivity contribution >= 4 is 23.3 Å². The second kappa shape index (κ2) is 8.37. The quantitative estimate of drug-likeness (QED) is 0.835. The third-order valence-electron chi connectivity index (χ3n) is 5.41. The number of likely N-dealkylation sites (N-methyl/N-ethyl adjacent to an activating group) is 1. The normalized spacial score (nSPS) is 19.2. The highest BCUT2D eigenvalue weighted by atomic mass is 35.5. The number of amides is 1. The van der Waals surface area contributed by atoms with Crippen molar-refractivity contribution in [3.8, 4) is 5.75 Å². The number of carbonyl (C=O) groups excluding carboxylic acids is 1. The zero-order valence-electron chi connectivity index (χ0n) is 16.0. The van der Waals surface area contributed by atoms with Crippen molar-refractivity contribution < 1.29 is 9.53 Å². The third kappa shape index (κ3) is 4.23. The number of fused-ring (bicyclic) bond motifs is 1. The third-order valence-corrected chi connectivity index (χ3v) is 5.64. The number of pyridine rings is 1. The van der Waals surface area contributed by atoms with Crippen LogP contribution in [-0.2, 0) is 17.8 Å². The standard InChI is InChI=1S/C21H25ClN4O2/c1-2-25-7-9-26(10-8-25)20-6-3-15(13-23-20)14-24-21(27)19-12-16-11-17(22)4-5-18(16)28-19/h3-6,11,13,19H,2,7-10,12,14H2,1H3,(H,24,27)/t19-/m0/s1. The number of anilines is 1. The number of hydrogen-bond donors (Lipinski definition) is 1. The lowest BCUT2D eigenvalue weighted by Gasteiger charge is -2.34. The molecule has 1 saturated heterocycles. The van der Waals surface area contributed by atoms with Gasteiger partial charge >= 0.3 is 0 Å². The molecule has 28 heavy (non-hydrogen) atoms. The van der Waals surface area contributed by atoms with Gasteiger partial charge in [0.2, 0.25) is 0 Å². The lowest BCUT2D eigenvalue weighted by atomic mass is 10.1. The molecule has 0 radical (unpaired) electrons. The average Bonchev–Trinajstić information content (AvgIpc) is 3.16. The van der Waals surface area contributed by atoms with E-state index in [4.69, 9.17) is 16.3 Å². The maximum Gasteiger partial charge on any atom is 0.261 e. The van der Waals surface area contributed by atoms with E-state index >= 15 is 0 Å². The van der Waals surface area contributed by atoms with E-state index in [0.29, 0.717) is 18.0 Å². The van der Waals surface area contributed by atoms with Crippen molar-refractivity contribution in [1.82, 2.24) is 15.2 Å². The fourth-order valence-electron chi connectivity index (χ4n) is 3.67. The molecule has 0 unspecified atom stereocenters. The number of piperazine rings is 1. The van der Waals surface area contributed by atoms with E-state index < -0.39 is 6.10 Å². The minimum Gasteiger partial charge on any atom is -0.480 e. The first-order chi connectivity index (χ1) is 13.6. The number of benzene rings is 1. The van der Waals surface area contributed by atoms with E-state index in [2.05, 4.69) is 27.0 Å². The number of rotatable bonds is 5. The SMILES string of the molecule is CCN1CCN(c2ccc(CNC(=O)[C@@H]3Cc4cc(Cl)ccc4O3)cn2)CC1. The first-order valence-corrected chi connectivity index (χ1v) is 10.1. The predicted molar refractivity (Wildman–Crippen MR) is 110 cm³/mol. The Morgan fingerprint density at radius 2 is 2.07 bits per heavy atom. The summed E-state index contributed by atoms with van der Waals surface area (Å²) in [4.78, 5) is 21.8. The molecule has 1 amide bonds. The van der Waals surface area contributed by atoms with Crippen LogP contribution in [0.3, 0.4) is 0 Å². The summed E-state index contributed by atoms with van der Waals surface area (Å²) in [5.74, 6) is 1.61. The monoisotopic (exact) mass is 400 g/mol. The smallest absolute Gasteiger partial charge is 0.261 e. The molecule has 148 valence electrons. The van der Waals surface area contributed by atoms with E-state index in [1.54, 1.807) is 6.07 Å². The summed E-state index contributed by atoms with van der Waals surface area (Å²) in [7, 11) is 0. The van der Waals surface area contributed by atoms with Gasteiger partial charge < -0.3 is 19.9 Å². The molecule has 3 heterocycles. The first kappa shape index (κ1) is 19.0. The summed E-state index contributed by atoms with van der Waals surface area (Å²) >= 11 is 6.01. The van der Waals surface area contributed by atoms with E-state index in [0.717, 1.165) is 55.4 Å². The number of nitrogens with zero attached hydrogens (tertiary/aromatic N) is 3. The zero-order chi connectivity index (χ0) is 19.5. The van der Waals surface area contributed by atoms with E-state index in [-0.39, 0.29) is 5.91 Å². The molecule has 7 heteroatoms. The fourth-order valence-corrected chi connectivity index (χ4v) is 3.86. The molecule has 0 aliphatic carbocycles. The summed E-state index contributed by atoms with van der Waals surface area (Å²) in [5.41, 5.74) is 1.95. The number of halogens is 1. The highest BCUT2D eigenvalue weighted by Crippen LogP contribution is 2.31. The van der Waals surface area contributed by atoms with Crippen LogP contribution < -0.4 is 15.0 Å². The molecule has 1 fully saturated rings. The van der Waals surface area contributed by atoms with E-state index in [9.17, 15) is 4.79 Å². The zero-order valence-corrected chi connectivity index (χ0v) is 16.8. The molecule has 1 aromatic carbocycles. The molecule has 1 N–H and O–H groups in total. The fraction of sp³-hybridized carbons (Fsp3) is 0.429. The van der Waals surface area contributed by atoms with Gasteiger partial charge in [0.15, 0.2) is 6.10 Å². The maximum atomic E-state index is 12.4. The molecule has 1 aromatic heterocycles. The second-order valence-corrected chi connectivity index (χ2v) is 7.66. The molecule has 4 rings (SSSR count). The average molecular weight is 401 g/mol. The number of aromatic nitrogens is 1. The maximum absolute atomic E-state index is 12.4. The topological polar surface area (TPSA) is 57.7 Å². The van der Waals surface area contributed by atoms with Gasteiger partial charge in [-0.2, -0.15) is 0 Å². The van der Waals surface area contributed by atoms with Gasteiger partial charge in [0, 0.05) is 50.4 Å². The van der Waals surface area contributed by atoms with Crippen LogP contribution in [0.15, 0.2) is 36.5 Å². The van der Waals surface area contributed by atoms with Gasteiger partial charge in [-0.05, 0) is 41.9 Å². The van der Waals surface area contributed by atoms with E-state index in [1.807, 2.05) is 30.5 Å². The van der Waals surface area contributed by atoms with Gasteiger partial charge in [0.1, 0.15) is 11.6 Å². The second-order valence-electron chi connectivity index (χ2n) is 7.23. The summed E-state index contributed by atoms with van der Waals surface area (Å²) in [6.45, 7) is 7.88. The van der Waals surface area contributed by atoms with Gasteiger partial charge in [-0.25, -0.2) is 4.98 Å². The first-order valence-electron chi connectivity index (χ1n) is 9.77. The Kier molecular flexibility index (Phi) is 5.69. The molecule has 6 nitrogen and oxygen atoms in total. The van der Waals surface area contributed by atoms with Gasteiger partial charge in [-0.15, -0.1) is 0 Å². The van der Waals surface area contributed by atoms with E-state index in [1.165, 1.54) is 0 Å². The Bertz CT molecular complexity index is 835. The molecular formula is C21H25ClN4O2. The lowest BCUT2D eigenvalue weighted by molar-refractivity contribution is -0.127. The molecular weight excluding hydrogens is 376 g/mol. The largest absolute Gasteiger partial charge is 0.480 e. The number of hydrogen-bond acceptors (Lipinski definition) is 5. The summed E-state index contributed by atoms with van der Waals surface area (Å²) in [6.07, 6.45) is 1.88. The van der Waals surface area contributed by atoms with Crippen molar-refractivity contribution in [2.45, 2.75) is 26.0 Å². The van der Waals surface area contributed by atoms with Crippen LogP contribution in [0, 0.1) is 0 Å². The minimum absolute atomic E-state index is 0.118. The lowest BCUT2D eigenvalue weighted by Crippen LogP contribution is -2.46. The predicted octanol–water partition coefficient (Wildman–Crippen LogP) is 2.50. The van der Waals surface area contributed by atoms with Crippen LogP contribution in [-0.4, -0.2) is 54.6 Å². The Hall–Kier alpha value is -2.31. The van der Waals surface area contributed by atoms with Crippen molar-refractivity contribution in [2.75, 3.05) is 37.6 Å². The van der Waals surface area contributed by atoms with Crippen molar-refractivity contribution in [3.05, 3.63) is 52.7 Å².